The average Bonchev–Trinajstić information content (AvgIpc) is 3.13. The minimum atomic E-state index is -0.790. The molecule has 0 saturated carbocycles. The van der Waals surface area contributed by atoms with Crippen LogP contribution in [0.2, 0.25) is 0 Å². The second-order valence-corrected chi connectivity index (χ2v) is 10.2. The lowest BCUT2D eigenvalue weighted by atomic mass is 9.88. The minimum Gasteiger partial charge on any atom is -0.481 e. The van der Waals surface area contributed by atoms with Crippen molar-refractivity contribution in [3.63, 3.8) is 0 Å². The highest BCUT2D eigenvalue weighted by molar-refractivity contribution is 6.07. The van der Waals surface area contributed by atoms with E-state index in [1.165, 1.54) is 22.5 Å². The van der Waals surface area contributed by atoms with Crippen LogP contribution >= 0.6 is 0 Å². The molecule has 6 nitrogen and oxygen atoms in total. The highest BCUT2D eigenvalue weighted by atomic mass is 16.4. The number of aliphatic carboxylic acids is 1. The number of aliphatic hydroxyl groups is 1. The van der Waals surface area contributed by atoms with Gasteiger partial charge in [0.2, 0.25) is 0 Å². The quantitative estimate of drug-likeness (QED) is 0.397. The summed E-state index contributed by atoms with van der Waals surface area (Å²) >= 11 is 0. The molecule has 3 aromatic rings. The van der Waals surface area contributed by atoms with Crippen LogP contribution in [0.25, 0.3) is 22.0 Å². The molecule has 3 N–H and O–H groups in total. The lowest BCUT2D eigenvalue weighted by Crippen LogP contribution is -2.37. The Morgan fingerprint density at radius 1 is 1.08 bits per heavy atom. The first-order valence-corrected chi connectivity index (χ1v) is 12.5. The Morgan fingerprint density at radius 2 is 1.67 bits per heavy atom. The fraction of sp³-hybridized carbons (Fsp3) is 0.433. The summed E-state index contributed by atoms with van der Waals surface area (Å²) in [5.74, 6) is -0.790. The van der Waals surface area contributed by atoms with Gasteiger partial charge in [-0.1, -0.05) is 29.8 Å². The standard InChI is InChI=1S/C24H29N3O2.C4H10O.C2H4/c1-15-5-7-18(8-6-15)22-19(14-21(28)29)17(3)23-24-20(22)13-16(2)27(24)12-11-26(23)10-9-25-4;1-4(2,3)5;1-2/h5-8,13,25H,9-12,14H2,1-4H3,(H,28,29);5H,1-3H3;1-2H2. The maximum atomic E-state index is 11.8. The molecule has 6 heteroatoms. The summed E-state index contributed by atoms with van der Waals surface area (Å²) in [6.07, 6.45) is 0.0298. The van der Waals surface area contributed by atoms with Gasteiger partial charge in [-0.2, -0.15) is 0 Å². The number of aryl methyl sites for hydroxylation is 2. The molecule has 0 spiro atoms. The van der Waals surface area contributed by atoms with Gasteiger partial charge in [0.1, 0.15) is 0 Å². The van der Waals surface area contributed by atoms with Crippen LogP contribution in [0.5, 0.6) is 0 Å². The first kappa shape index (κ1) is 29.1. The number of nitrogens with zero attached hydrogens (tertiary/aromatic N) is 2. The molecular weight excluding hydrogens is 450 g/mol. The van der Waals surface area contributed by atoms with E-state index < -0.39 is 11.6 Å². The third-order valence-corrected chi connectivity index (χ3v) is 6.12. The molecule has 196 valence electrons. The second kappa shape index (κ2) is 12.2. The van der Waals surface area contributed by atoms with Crippen LogP contribution < -0.4 is 10.2 Å². The van der Waals surface area contributed by atoms with Crippen LogP contribution in [0.4, 0.5) is 5.69 Å². The zero-order chi connectivity index (χ0) is 27.2. The van der Waals surface area contributed by atoms with E-state index in [1.807, 2.05) is 7.05 Å². The molecule has 1 aromatic heterocycles. The fourth-order valence-corrected chi connectivity index (χ4v) is 4.69. The van der Waals surface area contributed by atoms with Gasteiger partial charge >= 0.3 is 5.97 Å². The van der Waals surface area contributed by atoms with Crippen LogP contribution in [0.1, 0.15) is 43.2 Å². The Hall–Kier alpha value is -3.09. The number of nitrogens with one attached hydrogen (secondary N) is 1. The van der Waals surface area contributed by atoms with Gasteiger partial charge in [0, 0.05) is 37.3 Å². The average molecular weight is 494 g/mol. The van der Waals surface area contributed by atoms with Gasteiger partial charge in [0.25, 0.3) is 0 Å². The number of anilines is 1. The molecular formula is C30H43N3O3. The Bertz CT molecular complexity index is 1180. The molecule has 0 aliphatic carbocycles. The molecule has 0 saturated heterocycles. The number of aromatic nitrogens is 1. The third kappa shape index (κ3) is 6.77. The van der Waals surface area contributed by atoms with E-state index in [0.717, 1.165) is 53.8 Å². The number of carbonyl (C=O) groups is 1. The number of rotatable bonds is 6. The maximum Gasteiger partial charge on any atom is 0.307 e. The summed E-state index contributed by atoms with van der Waals surface area (Å²) in [5.41, 5.74) is 8.55. The lowest BCUT2D eigenvalue weighted by Gasteiger charge is -2.34. The number of carboxylic acids is 1. The van der Waals surface area contributed by atoms with Crippen molar-refractivity contribution in [3.8, 4) is 11.1 Å². The summed E-state index contributed by atoms with van der Waals surface area (Å²) < 4.78 is 2.40. The first-order valence-electron chi connectivity index (χ1n) is 12.5. The van der Waals surface area contributed by atoms with E-state index in [-0.39, 0.29) is 6.42 Å². The minimum absolute atomic E-state index is 0.0298. The molecule has 2 aromatic carbocycles. The van der Waals surface area contributed by atoms with Gasteiger partial charge < -0.3 is 25.0 Å². The van der Waals surface area contributed by atoms with Crippen molar-refractivity contribution in [2.24, 2.45) is 0 Å². The molecule has 0 fully saturated rings. The van der Waals surface area contributed by atoms with Crippen molar-refractivity contribution in [1.82, 2.24) is 9.88 Å². The molecule has 36 heavy (non-hydrogen) atoms. The Balaban J connectivity index is 0.000000583. The monoisotopic (exact) mass is 493 g/mol. The van der Waals surface area contributed by atoms with Crippen molar-refractivity contribution in [3.05, 3.63) is 65.9 Å². The molecule has 0 radical (unpaired) electrons. The van der Waals surface area contributed by atoms with E-state index >= 15 is 0 Å². The van der Waals surface area contributed by atoms with Crippen molar-refractivity contribution in [1.29, 1.82) is 0 Å². The van der Waals surface area contributed by atoms with Crippen LogP contribution in [-0.2, 0) is 17.8 Å². The Labute approximate surface area is 216 Å². The van der Waals surface area contributed by atoms with Gasteiger partial charge in [-0.05, 0) is 76.9 Å². The van der Waals surface area contributed by atoms with E-state index in [4.69, 9.17) is 5.11 Å². The first-order chi connectivity index (χ1) is 16.9. The number of hydrogen-bond donors (Lipinski definition) is 3. The summed E-state index contributed by atoms with van der Waals surface area (Å²) in [7, 11) is 1.97. The highest BCUT2D eigenvalue weighted by Crippen LogP contribution is 2.44. The van der Waals surface area contributed by atoms with E-state index in [0.29, 0.717) is 0 Å². The van der Waals surface area contributed by atoms with Gasteiger partial charge in [-0.3, -0.25) is 4.79 Å². The normalized spacial score (nSPS) is 12.5. The zero-order valence-electron chi connectivity index (χ0n) is 23.0. The maximum absolute atomic E-state index is 11.8. The lowest BCUT2D eigenvalue weighted by molar-refractivity contribution is -0.136. The van der Waals surface area contributed by atoms with Gasteiger partial charge in [0.05, 0.1) is 23.2 Å². The SMILES string of the molecule is C=C.CC(C)(C)O.CNCCN1CCn2c(C)cc3c(-c4ccc(C)cc4)c(CC(=O)O)c(C)c1c32. The molecule has 2 heterocycles. The highest BCUT2D eigenvalue weighted by Gasteiger charge is 2.28. The molecule has 0 unspecified atom stereocenters. The van der Waals surface area contributed by atoms with Crippen LogP contribution in [0, 0.1) is 20.8 Å². The smallest absolute Gasteiger partial charge is 0.307 e. The van der Waals surface area contributed by atoms with Crippen LogP contribution in [0.15, 0.2) is 43.5 Å². The summed E-state index contributed by atoms with van der Waals surface area (Å²) in [6, 6.07) is 10.7. The Morgan fingerprint density at radius 3 is 2.19 bits per heavy atom. The Kier molecular flexibility index (Phi) is 9.91. The molecule has 0 atom stereocenters. The second-order valence-electron chi connectivity index (χ2n) is 10.2. The van der Waals surface area contributed by atoms with Crippen molar-refractivity contribution < 1.29 is 15.0 Å². The third-order valence-electron chi connectivity index (χ3n) is 6.12. The fourth-order valence-electron chi connectivity index (χ4n) is 4.69. The number of hydrogen-bond acceptors (Lipinski definition) is 4. The summed E-state index contributed by atoms with van der Waals surface area (Å²) in [6.45, 7) is 21.3. The van der Waals surface area contributed by atoms with Crippen molar-refractivity contribution in [2.45, 2.75) is 60.1 Å². The summed E-state index contributed by atoms with van der Waals surface area (Å²) in [5, 5.41) is 22.6. The summed E-state index contributed by atoms with van der Waals surface area (Å²) in [4.78, 5) is 14.2. The van der Waals surface area contributed by atoms with E-state index in [1.54, 1.807) is 20.8 Å². The van der Waals surface area contributed by atoms with E-state index in [9.17, 15) is 9.90 Å². The van der Waals surface area contributed by atoms with Gasteiger partial charge in [-0.25, -0.2) is 0 Å². The van der Waals surface area contributed by atoms with Gasteiger partial charge in [-0.15, -0.1) is 13.2 Å². The number of likely N-dealkylation sites (N-methyl/N-ethyl adjacent to an activating group) is 1. The molecule has 4 rings (SSSR count). The largest absolute Gasteiger partial charge is 0.481 e. The molecule has 0 bridgehead atoms. The van der Waals surface area contributed by atoms with Crippen LogP contribution in [-0.4, -0.2) is 53.0 Å². The molecule has 1 aliphatic rings. The number of benzene rings is 2. The predicted octanol–water partition coefficient (Wildman–Crippen LogP) is 5.48. The van der Waals surface area contributed by atoms with Crippen molar-refractivity contribution in [2.75, 3.05) is 31.6 Å². The zero-order valence-corrected chi connectivity index (χ0v) is 23.0. The van der Waals surface area contributed by atoms with Crippen LogP contribution in [0.3, 0.4) is 0 Å². The molecule has 1 aliphatic heterocycles. The molecule has 0 amide bonds. The topological polar surface area (TPSA) is 77.7 Å². The predicted molar refractivity (Wildman–Crippen MR) is 152 cm³/mol. The number of carboxylic acid groups (broad SMARTS) is 1. The van der Waals surface area contributed by atoms with E-state index in [2.05, 4.69) is 79.0 Å². The van der Waals surface area contributed by atoms with Crippen molar-refractivity contribution >= 4 is 22.6 Å². The van der Waals surface area contributed by atoms with Gasteiger partial charge in [0.15, 0.2) is 0 Å².